The van der Waals surface area contributed by atoms with Crippen molar-refractivity contribution in [3.8, 4) is 11.1 Å². The maximum absolute atomic E-state index is 12.9. The first kappa shape index (κ1) is 12.8. The third-order valence-electron chi connectivity index (χ3n) is 2.54. The van der Waals surface area contributed by atoms with Crippen LogP contribution in [0.15, 0.2) is 35.0 Å². The van der Waals surface area contributed by atoms with Crippen LogP contribution in [0.25, 0.3) is 11.1 Å². The van der Waals surface area contributed by atoms with E-state index in [-0.39, 0.29) is 18.2 Å². The molecule has 0 aliphatic heterocycles. The summed E-state index contributed by atoms with van der Waals surface area (Å²) in [5.74, 6) is -0.500. The van der Waals surface area contributed by atoms with E-state index in [2.05, 4.69) is 0 Å². The fourth-order valence-electron chi connectivity index (χ4n) is 1.71. The summed E-state index contributed by atoms with van der Waals surface area (Å²) in [6, 6.07) is 6.26. The molecule has 94 valence electrons. The zero-order chi connectivity index (χ0) is 13.0. The summed E-state index contributed by atoms with van der Waals surface area (Å²) in [5, 5.41) is 3.89. The number of carbonyl (C=O) groups excluding carboxylic acids is 1. The number of hydrogen-bond donors (Lipinski definition) is 0. The van der Waals surface area contributed by atoms with Gasteiger partial charge in [-0.2, -0.15) is 11.3 Å². The average Bonchev–Trinajstić information content (AvgIpc) is 2.78. The van der Waals surface area contributed by atoms with Gasteiger partial charge in [0.1, 0.15) is 5.82 Å². The minimum atomic E-state index is -0.263. The molecule has 2 aromatic rings. The van der Waals surface area contributed by atoms with Crippen LogP contribution in [0.1, 0.15) is 12.5 Å². The van der Waals surface area contributed by atoms with Gasteiger partial charge in [0.15, 0.2) is 0 Å². The lowest BCUT2D eigenvalue weighted by Gasteiger charge is -2.04. The van der Waals surface area contributed by atoms with Crippen LogP contribution in [0.3, 0.4) is 0 Å². The lowest BCUT2D eigenvalue weighted by molar-refractivity contribution is -0.142. The zero-order valence-electron chi connectivity index (χ0n) is 9.98. The molecule has 1 aromatic carbocycles. The standard InChI is InChI=1S/C14H13FO2S/c1-2-17-14(16)7-11-8-18-9-13(11)10-3-5-12(15)6-4-10/h3-6,8-9H,2,7H2,1H3. The molecular formula is C14H13FO2S. The molecule has 0 saturated carbocycles. The second-order valence-electron chi connectivity index (χ2n) is 3.80. The van der Waals surface area contributed by atoms with E-state index >= 15 is 0 Å². The highest BCUT2D eigenvalue weighted by Crippen LogP contribution is 2.28. The molecular weight excluding hydrogens is 251 g/mol. The van der Waals surface area contributed by atoms with Crippen molar-refractivity contribution < 1.29 is 13.9 Å². The van der Waals surface area contributed by atoms with Gasteiger partial charge in [-0.3, -0.25) is 4.79 Å². The van der Waals surface area contributed by atoms with Crippen LogP contribution in [0.5, 0.6) is 0 Å². The largest absolute Gasteiger partial charge is 0.466 e. The van der Waals surface area contributed by atoms with E-state index in [1.54, 1.807) is 19.1 Å². The average molecular weight is 264 g/mol. The number of benzene rings is 1. The van der Waals surface area contributed by atoms with Gasteiger partial charge in [-0.05, 0) is 46.5 Å². The number of thiophene rings is 1. The normalized spacial score (nSPS) is 10.3. The highest BCUT2D eigenvalue weighted by molar-refractivity contribution is 7.08. The first-order valence-electron chi connectivity index (χ1n) is 5.67. The molecule has 2 rings (SSSR count). The molecule has 0 spiro atoms. The Bertz CT molecular complexity index is 531. The van der Waals surface area contributed by atoms with Crippen LogP contribution in [0.2, 0.25) is 0 Å². The fraction of sp³-hybridized carbons (Fsp3) is 0.214. The topological polar surface area (TPSA) is 26.3 Å². The SMILES string of the molecule is CCOC(=O)Cc1cscc1-c1ccc(F)cc1. The summed E-state index contributed by atoms with van der Waals surface area (Å²) < 4.78 is 17.8. The Morgan fingerprint density at radius 1 is 1.28 bits per heavy atom. The van der Waals surface area contributed by atoms with Gasteiger partial charge in [-0.15, -0.1) is 0 Å². The summed E-state index contributed by atoms with van der Waals surface area (Å²) in [6.07, 6.45) is 0.254. The third-order valence-corrected chi connectivity index (χ3v) is 3.33. The van der Waals surface area contributed by atoms with Gasteiger partial charge < -0.3 is 4.74 Å². The lowest BCUT2D eigenvalue weighted by Crippen LogP contribution is -2.07. The number of carbonyl (C=O) groups is 1. The fourth-order valence-corrected chi connectivity index (χ4v) is 2.58. The molecule has 0 unspecified atom stereocenters. The smallest absolute Gasteiger partial charge is 0.310 e. The lowest BCUT2D eigenvalue weighted by atomic mass is 10.0. The van der Waals surface area contributed by atoms with Gasteiger partial charge >= 0.3 is 5.97 Å². The van der Waals surface area contributed by atoms with Gasteiger partial charge in [0.05, 0.1) is 13.0 Å². The molecule has 1 heterocycles. The summed E-state index contributed by atoms with van der Waals surface area (Å²) in [5.41, 5.74) is 2.80. The predicted molar refractivity (Wildman–Crippen MR) is 70.1 cm³/mol. The van der Waals surface area contributed by atoms with Crippen molar-refractivity contribution in [3.63, 3.8) is 0 Å². The Morgan fingerprint density at radius 3 is 2.67 bits per heavy atom. The molecule has 0 aliphatic rings. The predicted octanol–water partition coefficient (Wildman–Crippen LogP) is 3.66. The molecule has 0 atom stereocenters. The Labute approximate surface area is 109 Å². The summed E-state index contributed by atoms with van der Waals surface area (Å²) in [6.45, 7) is 2.17. The van der Waals surface area contributed by atoms with Crippen molar-refractivity contribution in [2.45, 2.75) is 13.3 Å². The molecule has 0 aliphatic carbocycles. The number of esters is 1. The Hall–Kier alpha value is -1.68. The van der Waals surface area contributed by atoms with E-state index in [1.165, 1.54) is 23.5 Å². The van der Waals surface area contributed by atoms with E-state index in [0.29, 0.717) is 6.61 Å². The van der Waals surface area contributed by atoms with Gasteiger partial charge in [-0.1, -0.05) is 12.1 Å². The first-order chi connectivity index (χ1) is 8.70. The van der Waals surface area contributed by atoms with Crippen molar-refractivity contribution in [1.82, 2.24) is 0 Å². The Kier molecular flexibility index (Phi) is 4.10. The van der Waals surface area contributed by atoms with Crippen LogP contribution >= 0.6 is 11.3 Å². The van der Waals surface area contributed by atoms with E-state index in [9.17, 15) is 9.18 Å². The number of hydrogen-bond acceptors (Lipinski definition) is 3. The van der Waals surface area contributed by atoms with Gasteiger partial charge in [0.2, 0.25) is 0 Å². The quantitative estimate of drug-likeness (QED) is 0.788. The minimum absolute atomic E-state index is 0.237. The van der Waals surface area contributed by atoms with E-state index in [1.807, 2.05) is 10.8 Å². The molecule has 2 nitrogen and oxygen atoms in total. The molecule has 1 aromatic heterocycles. The summed E-state index contributed by atoms with van der Waals surface area (Å²) in [4.78, 5) is 11.5. The van der Waals surface area contributed by atoms with Crippen molar-refractivity contribution in [2.75, 3.05) is 6.61 Å². The Morgan fingerprint density at radius 2 is 2.00 bits per heavy atom. The maximum atomic E-state index is 12.9. The number of rotatable bonds is 4. The molecule has 18 heavy (non-hydrogen) atoms. The van der Waals surface area contributed by atoms with Crippen LogP contribution in [0, 0.1) is 5.82 Å². The first-order valence-corrected chi connectivity index (χ1v) is 6.61. The highest BCUT2D eigenvalue weighted by Gasteiger charge is 2.11. The molecule has 0 radical (unpaired) electrons. The monoisotopic (exact) mass is 264 g/mol. The van der Waals surface area contributed by atoms with Gasteiger partial charge in [0, 0.05) is 0 Å². The van der Waals surface area contributed by atoms with Crippen LogP contribution in [-0.2, 0) is 16.0 Å². The van der Waals surface area contributed by atoms with Crippen LogP contribution in [-0.4, -0.2) is 12.6 Å². The summed E-state index contributed by atoms with van der Waals surface area (Å²) >= 11 is 1.52. The second-order valence-corrected chi connectivity index (χ2v) is 4.54. The molecule has 0 N–H and O–H groups in total. The number of ether oxygens (including phenoxy) is 1. The highest BCUT2D eigenvalue weighted by atomic mass is 32.1. The van der Waals surface area contributed by atoms with Gasteiger partial charge in [-0.25, -0.2) is 4.39 Å². The van der Waals surface area contributed by atoms with E-state index < -0.39 is 0 Å². The van der Waals surface area contributed by atoms with Crippen molar-refractivity contribution in [3.05, 3.63) is 46.4 Å². The number of halogens is 1. The minimum Gasteiger partial charge on any atom is -0.466 e. The van der Waals surface area contributed by atoms with Crippen LogP contribution < -0.4 is 0 Å². The molecule has 0 bridgehead atoms. The van der Waals surface area contributed by atoms with Crippen molar-refractivity contribution in [2.24, 2.45) is 0 Å². The van der Waals surface area contributed by atoms with Crippen LogP contribution in [0.4, 0.5) is 4.39 Å². The summed E-state index contributed by atoms with van der Waals surface area (Å²) in [7, 11) is 0. The van der Waals surface area contributed by atoms with Gasteiger partial charge in [0.25, 0.3) is 0 Å². The second kappa shape index (κ2) is 5.78. The molecule has 0 saturated heterocycles. The van der Waals surface area contributed by atoms with E-state index in [4.69, 9.17) is 4.74 Å². The Balaban J connectivity index is 2.22. The molecule has 0 amide bonds. The van der Waals surface area contributed by atoms with E-state index in [0.717, 1.165) is 16.7 Å². The zero-order valence-corrected chi connectivity index (χ0v) is 10.8. The van der Waals surface area contributed by atoms with Crippen molar-refractivity contribution in [1.29, 1.82) is 0 Å². The molecule has 4 heteroatoms. The third kappa shape index (κ3) is 2.96. The molecule has 0 fully saturated rings. The van der Waals surface area contributed by atoms with Crippen molar-refractivity contribution >= 4 is 17.3 Å². The maximum Gasteiger partial charge on any atom is 0.310 e.